The van der Waals surface area contributed by atoms with Gasteiger partial charge in [0.25, 0.3) is 0 Å². The molecule has 0 bridgehead atoms. The van der Waals surface area contributed by atoms with Crippen molar-refractivity contribution >= 4 is 23.2 Å². The maximum Gasteiger partial charge on any atom is 0.248 e. The number of rotatable bonds is 5. The molecule has 0 unspecified atom stereocenters. The van der Waals surface area contributed by atoms with Crippen molar-refractivity contribution in [3.63, 3.8) is 0 Å². The lowest BCUT2D eigenvalue weighted by molar-refractivity contribution is -0.117. The lowest BCUT2D eigenvalue weighted by Gasteiger charge is -2.05. The lowest BCUT2D eigenvalue weighted by Crippen LogP contribution is -2.20. The molecule has 1 aromatic heterocycles. The second kappa shape index (κ2) is 7.10. The predicted octanol–water partition coefficient (Wildman–Crippen LogP) is 2.64. The van der Waals surface area contributed by atoms with Crippen LogP contribution in [0.15, 0.2) is 48.5 Å². The van der Waals surface area contributed by atoms with Crippen LogP contribution in [0.25, 0.3) is 11.4 Å². The topological polar surface area (TPSA) is 81.9 Å². The average Bonchev–Trinajstić information content (AvgIpc) is 3.04. The van der Waals surface area contributed by atoms with Gasteiger partial charge in [-0.3, -0.25) is 4.79 Å². The molecule has 24 heavy (non-hydrogen) atoms. The van der Waals surface area contributed by atoms with Crippen molar-refractivity contribution in [3.05, 3.63) is 53.6 Å². The Morgan fingerprint density at radius 2 is 1.96 bits per heavy atom. The highest BCUT2D eigenvalue weighted by atomic mass is 35.5. The Kier molecular flexibility index (Phi) is 4.72. The van der Waals surface area contributed by atoms with Crippen LogP contribution in [0.2, 0.25) is 5.02 Å². The molecule has 3 rings (SSSR count). The number of carbonyl (C=O) groups is 1. The van der Waals surface area contributed by atoms with Gasteiger partial charge in [0.1, 0.15) is 12.3 Å². The van der Waals surface area contributed by atoms with Gasteiger partial charge in [-0.15, -0.1) is 10.2 Å². The molecule has 0 saturated carbocycles. The molecule has 0 atom stereocenters. The number of nitrogens with one attached hydrogen (secondary N) is 1. The molecule has 1 N–H and O–H groups in total. The number of aromatic nitrogens is 4. The molecule has 0 saturated heterocycles. The molecule has 0 aliphatic heterocycles. The smallest absolute Gasteiger partial charge is 0.248 e. The van der Waals surface area contributed by atoms with Gasteiger partial charge < -0.3 is 10.1 Å². The Bertz CT molecular complexity index is 848. The van der Waals surface area contributed by atoms with E-state index in [0.29, 0.717) is 22.1 Å². The molecule has 0 aliphatic rings. The summed E-state index contributed by atoms with van der Waals surface area (Å²) in [5.41, 5.74) is 1.33. The minimum absolute atomic E-state index is 0.0521. The largest absolute Gasteiger partial charge is 0.497 e. The normalized spacial score (nSPS) is 10.4. The summed E-state index contributed by atoms with van der Waals surface area (Å²) in [5, 5.41) is 15.3. The molecule has 0 spiro atoms. The minimum atomic E-state index is -0.261. The molecular weight excluding hydrogens is 330 g/mol. The minimum Gasteiger partial charge on any atom is -0.497 e. The van der Waals surface area contributed by atoms with Crippen LogP contribution in [0, 0.1) is 0 Å². The molecule has 1 heterocycles. The third-order valence-electron chi connectivity index (χ3n) is 3.23. The van der Waals surface area contributed by atoms with E-state index < -0.39 is 0 Å². The summed E-state index contributed by atoms with van der Waals surface area (Å²) in [6, 6.07) is 14.2. The van der Waals surface area contributed by atoms with Crippen molar-refractivity contribution in [3.8, 4) is 17.1 Å². The van der Waals surface area contributed by atoms with Crippen LogP contribution in [-0.4, -0.2) is 33.2 Å². The molecule has 0 aliphatic carbocycles. The first-order chi connectivity index (χ1) is 11.7. The van der Waals surface area contributed by atoms with Gasteiger partial charge in [0, 0.05) is 11.3 Å². The predicted molar refractivity (Wildman–Crippen MR) is 89.9 cm³/mol. The number of ether oxygens (including phenoxy) is 1. The number of halogens is 1. The average molecular weight is 344 g/mol. The molecule has 7 nitrogen and oxygen atoms in total. The fourth-order valence-corrected chi connectivity index (χ4v) is 2.28. The van der Waals surface area contributed by atoms with Gasteiger partial charge in [-0.05, 0) is 41.6 Å². The lowest BCUT2D eigenvalue weighted by atomic mass is 10.2. The van der Waals surface area contributed by atoms with Crippen LogP contribution < -0.4 is 10.1 Å². The number of amides is 1. The number of benzene rings is 2. The van der Waals surface area contributed by atoms with Crippen molar-refractivity contribution in [2.24, 2.45) is 0 Å². The molecule has 122 valence electrons. The molecular formula is C16H14ClN5O2. The van der Waals surface area contributed by atoms with E-state index in [4.69, 9.17) is 16.3 Å². The first kappa shape index (κ1) is 15.9. The van der Waals surface area contributed by atoms with E-state index in [9.17, 15) is 4.79 Å². The fourth-order valence-electron chi connectivity index (χ4n) is 2.06. The Hall–Kier alpha value is -2.93. The number of nitrogens with zero attached hydrogens (tertiary/aromatic N) is 4. The number of carbonyl (C=O) groups excluding carboxylic acids is 1. The van der Waals surface area contributed by atoms with Gasteiger partial charge in [-0.1, -0.05) is 23.7 Å². The zero-order chi connectivity index (χ0) is 16.9. The standard InChI is InChI=1S/C16H14ClN5O2/c1-24-12-8-6-11(7-9-12)18-15(23)10-22-20-16(19-21-22)13-4-2-3-5-14(13)17/h2-9H,10H2,1H3,(H,18,23). The van der Waals surface area contributed by atoms with Gasteiger partial charge in [-0.25, -0.2) is 0 Å². The fraction of sp³-hybridized carbons (Fsp3) is 0.125. The van der Waals surface area contributed by atoms with E-state index in [-0.39, 0.29) is 12.5 Å². The van der Waals surface area contributed by atoms with E-state index >= 15 is 0 Å². The van der Waals surface area contributed by atoms with Crippen LogP contribution in [0.1, 0.15) is 0 Å². The summed E-state index contributed by atoms with van der Waals surface area (Å²) >= 11 is 6.10. The molecule has 0 radical (unpaired) electrons. The van der Waals surface area contributed by atoms with Crippen LogP contribution in [-0.2, 0) is 11.3 Å². The van der Waals surface area contributed by atoms with E-state index in [1.165, 1.54) is 4.80 Å². The SMILES string of the molecule is COc1ccc(NC(=O)Cn2nnc(-c3ccccc3Cl)n2)cc1. The van der Waals surface area contributed by atoms with Crippen LogP contribution in [0.4, 0.5) is 5.69 Å². The number of tetrazole rings is 1. The first-order valence-corrected chi connectivity index (χ1v) is 7.50. The summed E-state index contributed by atoms with van der Waals surface area (Å²) in [4.78, 5) is 13.3. The Balaban J connectivity index is 1.66. The van der Waals surface area contributed by atoms with Crippen LogP contribution in [0.3, 0.4) is 0 Å². The van der Waals surface area contributed by atoms with E-state index in [1.54, 1.807) is 43.5 Å². The van der Waals surface area contributed by atoms with Gasteiger partial charge >= 0.3 is 0 Å². The van der Waals surface area contributed by atoms with Crippen LogP contribution in [0.5, 0.6) is 5.75 Å². The van der Waals surface area contributed by atoms with Crippen molar-refractivity contribution in [2.45, 2.75) is 6.54 Å². The highest BCUT2D eigenvalue weighted by Gasteiger charge is 2.11. The van der Waals surface area contributed by atoms with E-state index in [0.717, 1.165) is 5.75 Å². The quantitative estimate of drug-likeness (QED) is 0.770. The number of hydrogen-bond donors (Lipinski definition) is 1. The Morgan fingerprint density at radius 1 is 1.21 bits per heavy atom. The summed E-state index contributed by atoms with van der Waals surface area (Å²) in [7, 11) is 1.58. The highest BCUT2D eigenvalue weighted by Crippen LogP contribution is 2.23. The Labute approximate surface area is 143 Å². The van der Waals surface area contributed by atoms with Gasteiger partial charge in [0.2, 0.25) is 11.7 Å². The maximum atomic E-state index is 12.1. The summed E-state index contributed by atoms with van der Waals surface area (Å²) in [5.74, 6) is 0.830. The molecule has 3 aromatic rings. The zero-order valence-corrected chi connectivity index (χ0v) is 13.6. The van der Waals surface area contributed by atoms with Gasteiger partial charge in [-0.2, -0.15) is 4.80 Å². The van der Waals surface area contributed by atoms with Crippen molar-refractivity contribution < 1.29 is 9.53 Å². The van der Waals surface area contributed by atoms with Crippen LogP contribution >= 0.6 is 11.6 Å². The van der Waals surface area contributed by atoms with Crippen molar-refractivity contribution in [1.82, 2.24) is 20.2 Å². The molecule has 1 amide bonds. The van der Waals surface area contributed by atoms with E-state index in [1.807, 2.05) is 12.1 Å². The number of methoxy groups -OCH3 is 1. The molecule has 2 aromatic carbocycles. The van der Waals surface area contributed by atoms with Gasteiger partial charge in [0.05, 0.1) is 12.1 Å². The molecule has 8 heteroatoms. The summed E-state index contributed by atoms with van der Waals surface area (Å²) < 4.78 is 5.07. The summed E-state index contributed by atoms with van der Waals surface area (Å²) in [6.07, 6.45) is 0. The Morgan fingerprint density at radius 3 is 2.67 bits per heavy atom. The van der Waals surface area contributed by atoms with E-state index in [2.05, 4.69) is 20.7 Å². The maximum absolute atomic E-state index is 12.1. The highest BCUT2D eigenvalue weighted by molar-refractivity contribution is 6.33. The second-order valence-electron chi connectivity index (χ2n) is 4.90. The second-order valence-corrected chi connectivity index (χ2v) is 5.31. The monoisotopic (exact) mass is 343 g/mol. The number of anilines is 1. The first-order valence-electron chi connectivity index (χ1n) is 7.12. The summed E-state index contributed by atoms with van der Waals surface area (Å²) in [6.45, 7) is -0.0521. The van der Waals surface area contributed by atoms with Crippen molar-refractivity contribution in [2.75, 3.05) is 12.4 Å². The van der Waals surface area contributed by atoms with Gasteiger partial charge in [0.15, 0.2) is 0 Å². The zero-order valence-electron chi connectivity index (χ0n) is 12.8. The third kappa shape index (κ3) is 3.69. The van der Waals surface area contributed by atoms with Crippen molar-refractivity contribution in [1.29, 1.82) is 0 Å². The number of hydrogen-bond acceptors (Lipinski definition) is 5. The molecule has 0 fully saturated rings. The third-order valence-corrected chi connectivity index (χ3v) is 3.56.